The van der Waals surface area contributed by atoms with Gasteiger partial charge < -0.3 is 19.8 Å². The fourth-order valence-electron chi connectivity index (χ4n) is 5.66. The number of rotatable bonds is 4. The van der Waals surface area contributed by atoms with Gasteiger partial charge in [0.05, 0.1) is 5.69 Å². The van der Waals surface area contributed by atoms with Crippen molar-refractivity contribution in [3.63, 3.8) is 0 Å². The van der Waals surface area contributed by atoms with Crippen LogP contribution in [-0.4, -0.2) is 93.3 Å². The minimum atomic E-state index is -0.250. The van der Waals surface area contributed by atoms with Crippen LogP contribution in [-0.2, 0) is 9.59 Å². The Morgan fingerprint density at radius 3 is 2.62 bits per heavy atom. The Morgan fingerprint density at radius 2 is 1.91 bits per heavy atom. The number of benzene rings is 1. The van der Waals surface area contributed by atoms with Crippen molar-refractivity contribution in [1.29, 1.82) is 0 Å². The molecule has 4 heterocycles. The lowest BCUT2D eigenvalue weighted by Gasteiger charge is -2.57. The number of piperidine rings is 3. The predicted molar refractivity (Wildman–Crippen MR) is 118 cm³/mol. The standard InChI is InChI=1S/C21H29N7O.CH2O2/c1-25(2)14-19-16-11-15(18-9-6-10-20(29)27(18)19)12-26(13-16)21-22-23-24-28(21)17-7-4-3-5-8-17;2-1-3/h3-5,7-8,15-16,18-19H,6,9-14H2,1-2H3;1H,(H,2,3)/t15-,16+,18+,19+;/m1./s1. The van der Waals surface area contributed by atoms with Crippen molar-refractivity contribution in [3.8, 4) is 5.69 Å². The van der Waals surface area contributed by atoms with Gasteiger partial charge in [0, 0.05) is 38.1 Å². The van der Waals surface area contributed by atoms with E-state index in [1.165, 1.54) is 6.42 Å². The molecule has 10 nitrogen and oxygen atoms in total. The first kappa shape index (κ1) is 22.2. The molecule has 172 valence electrons. The summed E-state index contributed by atoms with van der Waals surface area (Å²) in [6.45, 7) is 2.46. The van der Waals surface area contributed by atoms with E-state index in [4.69, 9.17) is 9.90 Å². The maximum atomic E-state index is 12.9. The summed E-state index contributed by atoms with van der Waals surface area (Å²) in [6.07, 6.45) is 4.02. The smallest absolute Gasteiger partial charge is 0.290 e. The van der Waals surface area contributed by atoms with Gasteiger partial charge in [-0.05, 0) is 67.8 Å². The Kier molecular flexibility index (Phi) is 6.69. The lowest BCUT2D eigenvalue weighted by atomic mass is 9.72. The molecule has 32 heavy (non-hydrogen) atoms. The number of hydrogen-bond donors (Lipinski definition) is 1. The van der Waals surface area contributed by atoms with Crippen LogP contribution in [0.3, 0.4) is 0 Å². The van der Waals surface area contributed by atoms with Crippen LogP contribution in [0.2, 0.25) is 0 Å². The number of hydrogen-bond acceptors (Lipinski definition) is 7. The van der Waals surface area contributed by atoms with Gasteiger partial charge in [0.25, 0.3) is 6.47 Å². The normalized spacial score (nSPS) is 26.9. The number of nitrogens with zero attached hydrogens (tertiary/aromatic N) is 7. The largest absolute Gasteiger partial charge is 0.483 e. The summed E-state index contributed by atoms with van der Waals surface area (Å²) in [6, 6.07) is 10.7. The van der Waals surface area contributed by atoms with E-state index in [-0.39, 0.29) is 12.5 Å². The summed E-state index contributed by atoms with van der Waals surface area (Å²) >= 11 is 0. The van der Waals surface area contributed by atoms with Gasteiger partial charge in [0.1, 0.15) is 0 Å². The maximum absolute atomic E-state index is 12.9. The van der Waals surface area contributed by atoms with Gasteiger partial charge >= 0.3 is 0 Å². The van der Waals surface area contributed by atoms with Gasteiger partial charge in [0.2, 0.25) is 11.9 Å². The summed E-state index contributed by atoms with van der Waals surface area (Å²) in [4.78, 5) is 28.1. The third kappa shape index (κ3) is 4.32. The first-order valence-corrected chi connectivity index (χ1v) is 11.2. The molecule has 2 aromatic rings. The molecule has 0 unspecified atom stereocenters. The van der Waals surface area contributed by atoms with Crippen molar-refractivity contribution in [2.45, 2.75) is 37.8 Å². The highest BCUT2D eigenvalue weighted by Gasteiger charge is 2.50. The maximum Gasteiger partial charge on any atom is 0.290 e. The number of anilines is 1. The zero-order valence-electron chi connectivity index (χ0n) is 18.6. The zero-order valence-corrected chi connectivity index (χ0v) is 18.6. The van der Waals surface area contributed by atoms with Crippen LogP contribution in [0.5, 0.6) is 0 Å². The number of fused-ring (bicyclic) bond motifs is 4. The summed E-state index contributed by atoms with van der Waals surface area (Å²) in [7, 11) is 4.21. The minimum absolute atomic E-state index is 0.250. The third-order valence-electron chi connectivity index (χ3n) is 6.79. The summed E-state index contributed by atoms with van der Waals surface area (Å²) in [5, 5.41) is 19.5. The second-order valence-electron chi connectivity index (χ2n) is 9.08. The lowest BCUT2D eigenvalue weighted by Crippen LogP contribution is -2.67. The fourth-order valence-corrected chi connectivity index (χ4v) is 5.66. The SMILES string of the molecule is CN(C)C[C@H]1[C@H]2C[C@H](CN(c3nnnn3-c3ccccc3)C2)[C@@H]2CCCC(=O)N21.O=CO. The van der Waals surface area contributed by atoms with Crippen molar-refractivity contribution in [2.24, 2.45) is 11.8 Å². The molecule has 0 radical (unpaired) electrons. The van der Waals surface area contributed by atoms with E-state index in [2.05, 4.69) is 44.3 Å². The van der Waals surface area contributed by atoms with Crippen LogP contribution in [0.25, 0.3) is 5.69 Å². The summed E-state index contributed by atoms with van der Waals surface area (Å²) in [5.41, 5.74) is 0.975. The first-order valence-electron chi connectivity index (χ1n) is 11.2. The van der Waals surface area contributed by atoms with Crippen molar-refractivity contribution in [3.05, 3.63) is 30.3 Å². The molecule has 0 saturated carbocycles. The molecule has 3 aliphatic heterocycles. The zero-order chi connectivity index (χ0) is 22.7. The van der Waals surface area contributed by atoms with E-state index in [0.717, 1.165) is 44.1 Å². The molecule has 0 aliphatic carbocycles. The van der Waals surface area contributed by atoms with Crippen LogP contribution >= 0.6 is 0 Å². The summed E-state index contributed by atoms with van der Waals surface area (Å²) in [5.74, 6) is 2.09. The molecule has 4 atom stereocenters. The second kappa shape index (κ2) is 9.64. The molecule has 2 bridgehead atoms. The monoisotopic (exact) mass is 441 g/mol. The van der Waals surface area contributed by atoms with E-state index in [9.17, 15) is 4.79 Å². The molecule has 1 aromatic heterocycles. The highest BCUT2D eigenvalue weighted by atomic mass is 16.3. The Balaban J connectivity index is 0.000000775. The molecular formula is C22H31N7O3. The number of carboxylic acid groups (broad SMARTS) is 1. The molecule has 5 rings (SSSR count). The molecule has 3 fully saturated rings. The number of carbonyl (C=O) groups excluding carboxylic acids is 1. The van der Waals surface area contributed by atoms with Crippen LogP contribution in [0, 0.1) is 11.8 Å². The second-order valence-corrected chi connectivity index (χ2v) is 9.08. The molecule has 10 heteroatoms. The van der Waals surface area contributed by atoms with Gasteiger partial charge in [-0.1, -0.05) is 23.3 Å². The van der Waals surface area contributed by atoms with Crippen molar-refractivity contribution in [1.82, 2.24) is 30.0 Å². The fraction of sp³-hybridized carbons (Fsp3) is 0.591. The van der Waals surface area contributed by atoms with Gasteiger partial charge in [-0.15, -0.1) is 0 Å². The van der Waals surface area contributed by atoms with Crippen molar-refractivity contribution < 1.29 is 14.7 Å². The third-order valence-corrected chi connectivity index (χ3v) is 6.79. The number of aromatic nitrogens is 4. The van der Waals surface area contributed by atoms with Gasteiger partial charge in [-0.25, -0.2) is 0 Å². The number of tetrazole rings is 1. The molecule has 1 N–H and O–H groups in total. The topological polar surface area (TPSA) is 108 Å². The Labute approximate surface area is 187 Å². The summed E-state index contributed by atoms with van der Waals surface area (Å²) < 4.78 is 1.84. The molecule has 3 aliphatic rings. The highest BCUT2D eigenvalue weighted by molar-refractivity contribution is 5.78. The van der Waals surface area contributed by atoms with Crippen LogP contribution in [0.1, 0.15) is 25.7 Å². The number of likely N-dealkylation sites (N-methyl/N-ethyl adjacent to an activating group) is 1. The molecular weight excluding hydrogens is 410 g/mol. The minimum Gasteiger partial charge on any atom is -0.483 e. The van der Waals surface area contributed by atoms with E-state index in [1.807, 2.05) is 35.0 Å². The van der Waals surface area contributed by atoms with Crippen LogP contribution in [0.4, 0.5) is 5.95 Å². The van der Waals surface area contributed by atoms with E-state index in [0.29, 0.717) is 30.2 Å². The van der Waals surface area contributed by atoms with Gasteiger partial charge in [-0.2, -0.15) is 4.68 Å². The van der Waals surface area contributed by atoms with Crippen LogP contribution in [0.15, 0.2) is 30.3 Å². The van der Waals surface area contributed by atoms with Crippen molar-refractivity contribution in [2.75, 3.05) is 38.6 Å². The van der Waals surface area contributed by atoms with Crippen molar-refractivity contribution >= 4 is 18.3 Å². The predicted octanol–water partition coefficient (Wildman–Crippen LogP) is 1.13. The number of para-hydroxylation sites is 1. The molecule has 3 saturated heterocycles. The van der Waals surface area contributed by atoms with E-state index in [1.54, 1.807) is 0 Å². The number of amides is 1. The average Bonchev–Trinajstić information content (AvgIpc) is 3.28. The Hall–Kier alpha value is -3.01. The molecule has 0 spiro atoms. The average molecular weight is 442 g/mol. The molecule has 1 aromatic carbocycles. The first-order chi connectivity index (χ1) is 15.5. The van der Waals surface area contributed by atoms with Gasteiger partial charge in [-0.3, -0.25) is 9.59 Å². The van der Waals surface area contributed by atoms with Crippen LogP contribution < -0.4 is 4.90 Å². The Morgan fingerprint density at radius 1 is 1.19 bits per heavy atom. The molecule has 1 amide bonds. The van der Waals surface area contributed by atoms with Gasteiger partial charge in [0.15, 0.2) is 0 Å². The lowest BCUT2D eigenvalue weighted by molar-refractivity contribution is -0.149. The van der Waals surface area contributed by atoms with E-state index >= 15 is 0 Å². The quantitative estimate of drug-likeness (QED) is 0.704. The number of carbonyl (C=O) groups is 2. The highest BCUT2D eigenvalue weighted by Crippen LogP contribution is 2.42. The van der Waals surface area contributed by atoms with E-state index < -0.39 is 0 Å². The Bertz CT molecular complexity index is 919.